The van der Waals surface area contributed by atoms with E-state index in [-0.39, 0.29) is 12.3 Å². The number of carbonyl (C=O) groups excluding carboxylic acids is 1. The lowest BCUT2D eigenvalue weighted by Crippen LogP contribution is -2.54. The van der Waals surface area contributed by atoms with Crippen LogP contribution in [-0.4, -0.2) is 22.5 Å². The molecular formula is C17H22ClNO3. The van der Waals surface area contributed by atoms with Crippen molar-refractivity contribution in [2.75, 3.05) is 0 Å². The maximum absolute atomic E-state index is 12.3. The molecule has 1 amide bonds. The van der Waals surface area contributed by atoms with Crippen LogP contribution in [0.1, 0.15) is 49.7 Å². The summed E-state index contributed by atoms with van der Waals surface area (Å²) in [5, 5.41) is 12.9. The maximum Gasteiger partial charge on any atom is 0.329 e. The average molecular weight is 324 g/mol. The largest absolute Gasteiger partial charge is 0.480 e. The molecule has 5 heteroatoms. The molecule has 2 rings (SSSR count). The molecule has 0 atom stereocenters. The van der Waals surface area contributed by atoms with Gasteiger partial charge in [0.1, 0.15) is 5.54 Å². The van der Waals surface area contributed by atoms with Gasteiger partial charge in [0.25, 0.3) is 0 Å². The molecule has 0 spiro atoms. The molecule has 1 fully saturated rings. The minimum absolute atomic E-state index is 0.105. The monoisotopic (exact) mass is 323 g/mol. The van der Waals surface area contributed by atoms with E-state index in [1.54, 1.807) is 0 Å². The smallest absolute Gasteiger partial charge is 0.329 e. The molecule has 0 bridgehead atoms. The van der Waals surface area contributed by atoms with Crippen molar-refractivity contribution in [1.29, 1.82) is 0 Å². The lowest BCUT2D eigenvalue weighted by atomic mass is 9.90. The molecule has 1 saturated carbocycles. The number of benzene rings is 1. The van der Waals surface area contributed by atoms with E-state index >= 15 is 0 Å². The molecule has 0 unspecified atom stereocenters. The van der Waals surface area contributed by atoms with Crippen LogP contribution in [0.4, 0.5) is 0 Å². The van der Waals surface area contributed by atoms with Gasteiger partial charge in [-0.05, 0) is 37.0 Å². The molecule has 1 aliphatic carbocycles. The number of nitrogens with one attached hydrogen (secondary N) is 1. The molecular weight excluding hydrogens is 302 g/mol. The zero-order valence-electron chi connectivity index (χ0n) is 12.8. The Balaban J connectivity index is 2.09. The van der Waals surface area contributed by atoms with Crippen LogP contribution in [0.2, 0.25) is 5.02 Å². The quantitative estimate of drug-likeness (QED) is 0.834. The van der Waals surface area contributed by atoms with Crippen molar-refractivity contribution in [2.45, 2.75) is 57.4 Å². The van der Waals surface area contributed by atoms with Gasteiger partial charge >= 0.3 is 5.97 Å². The Morgan fingerprint density at radius 3 is 2.41 bits per heavy atom. The third kappa shape index (κ3) is 4.01. The van der Waals surface area contributed by atoms with Gasteiger partial charge < -0.3 is 10.4 Å². The van der Waals surface area contributed by atoms with Crippen LogP contribution in [-0.2, 0) is 16.0 Å². The number of aliphatic carboxylic acids is 1. The summed E-state index contributed by atoms with van der Waals surface area (Å²) in [6, 6.07) is 5.52. The third-order valence-corrected chi connectivity index (χ3v) is 4.66. The first kappa shape index (κ1) is 16.8. The molecule has 120 valence electrons. The van der Waals surface area contributed by atoms with E-state index in [1.165, 1.54) is 0 Å². The van der Waals surface area contributed by atoms with Gasteiger partial charge in [0.15, 0.2) is 0 Å². The van der Waals surface area contributed by atoms with E-state index in [1.807, 2.05) is 25.1 Å². The minimum Gasteiger partial charge on any atom is -0.480 e. The molecule has 0 aliphatic heterocycles. The summed E-state index contributed by atoms with van der Waals surface area (Å²) in [6.45, 7) is 1.93. The van der Waals surface area contributed by atoms with Crippen LogP contribution in [0.3, 0.4) is 0 Å². The van der Waals surface area contributed by atoms with E-state index in [0.29, 0.717) is 17.9 Å². The number of halogens is 1. The molecule has 1 aromatic rings. The second-order valence-electron chi connectivity index (χ2n) is 6.12. The first-order valence-electron chi connectivity index (χ1n) is 7.72. The highest BCUT2D eigenvalue weighted by atomic mass is 35.5. The third-order valence-electron chi connectivity index (χ3n) is 4.30. The summed E-state index contributed by atoms with van der Waals surface area (Å²) in [6.07, 6.45) is 4.80. The predicted molar refractivity (Wildman–Crippen MR) is 86.1 cm³/mol. The van der Waals surface area contributed by atoms with Gasteiger partial charge in [-0.25, -0.2) is 4.79 Å². The highest BCUT2D eigenvalue weighted by Crippen LogP contribution is 2.28. The van der Waals surface area contributed by atoms with Gasteiger partial charge in [-0.15, -0.1) is 0 Å². The Morgan fingerprint density at radius 1 is 1.23 bits per heavy atom. The van der Waals surface area contributed by atoms with Crippen LogP contribution in [0.15, 0.2) is 18.2 Å². The molecule has 0 heterocycles. The first-order chi connectivity index (χ1) is 10.4. The number of carboxylic acid groups (broad SMARTS) is 1. The summed E-state index contributed by atoms with van der Waals surface area (Å²) in [4.78, 5) is 24.0. The second-order valence-corrected chi connectivity index (χ2v) is 6.53. The van der Waals surface area contributed by atoms with E-state index in [9.17, 15) is 14.7 Å². The maximum atomic E-state index is 12.3. The molecule has 2 N–H and O–H groups in total. The molecule has 0 aromatic heterocycles. The predicted octanol–water partition coefficient (Wildman–Crippen LogP) is 3.48. The molecule has 0 saturated heterocycles. The van der Waals surface area contributed by atoms with Crippen molar-refractivity contribution >= 4 is 23.5 Å². The summed E-state index contributed by atoms with van der Waals surface area (Å²) in [5.74, 6) is -1.21. The van der Waals surface area contributed by atoms with Crippen molar-refractivity contribution in [1.82, 2.24) is 5.32 Å². The molecule has 4 nitrogen and oxygen atoms in total. The van der Waals surface area contributed by atoms with Crippen molar-refractivity contribution in [2.24, 2.45) is 0 Å². The zero-order chi connectivity index (χ0) is 16.2. The van der Waals surface area contributed by atoms with Crippen LogP contribution in [0.5, 0.6) is 0 Å². The molecule has 1 aliphatic rings. The fraction of sp³-hybridized carbons (Fsp3) is 0.529. The van der Waals surface area contributed by atoms with E-state index in [0.717, 1.165) is 36.8 Å². The Morgan fingerprint density at radius 2 is 1.86 bits per heavy atom. The number of carboxylic acids is 1. The van der Waals surface area contributed by atoms with Crippen molar-refractivity contribution < 1.29 is 14.7 Å². The average Bonchev–Trinajstić information content (AvgIpc) is 2.68. The number of rotatable bonds is 4. The van der Waals surface area contributed by atoms with Gasteiger partial charge in [0.05, 0.1) is 6.42 Å². The van der Waals surface area contributed by atoms with Crippen LogP contribution in [0, 0.1) is 6.92 Å². The number of amides is 1. The van der Waals surface area contributed by atoms with Crippen molar-refractivity contribution in [3.05, 3.63) is 34.3 Å². The number of carbonyl (C=O) groups is 2. The molecule has 1 aromatic carbocycles. The zero-order valence-corrected chi connectivity index (χ0v) is 13.6. The Labute approximate surface area is 135 Å². The van der Waals surface area contributed by atoms with Gasteiger partial charge in [-0.2, -0.15) is 0 Å². The van der Waals surface area contributed by atoms with Crippen LogP contribution < -0.4 is 5.32 Å². The number of hydrogen-bond acceptors (Lipinski definition) is 2. The summed E-state index contributed by atoms with van der Waals surface area (Å²) >= 11 is 6.14. The fourth-order valence-electron chi connectivity index (χ4n) is 3.00. The van der Waals surface area contributed by atoms with E-state index in [4.69, 9.17) is 11.6 Å². The van der Waals surface area contributed by atoms with Crippen LogP contribution in [0.25, 0.3) is 0 Å². The number of aryl methyl sites for hydroxylation is 1. The Bertz CT molecular complexity index is 563. The summed E-state index contributed by atoms with van der Waals surface area (Å²) < 4.78 is 0. The van der Waals surface area contributed by atoms with E-state index in [2.05, 4.69) is 5.32 Å². The van der Waals surface area contributed by atoms with Gasteiger partial charge in [-0.1, -0.05) is 49.4 Å². The molecule has 22 heavy (non-hydrogen) atoms. The van der Waals surface area contributed by atoms with Crippen molar-refractivity contribution in [3.8, 4) is 0 Å². The minimum atomic E-state index is -1.12. The van der Waals surface area contributed by atoms with Crippen LogP contribution >= 0.6 is 11.6 Å². The highest BCUT2D eigenvalue weighted by molar-refractivity contribution is 6.31. The normalized spacial score (nSPS) is 17.5. The van der Waals surface area contributed by atoms with E-state index < -0.39 is 11.5 Å². The topological polar surface area (TPSA) is 66.4 Å². The lowest BCUT2D eigenvalue weighted by Gasteiger charge is -2.29. The van der Waals surface area contributed by atoms with Gasteiger partial charge in [-0.3, -0.25) is 4.79 Å². The van der Waals surface area contributed by atoms with Crippen molar-refractivity contribution in [3.63, 3.8) is 0 Å². The first-order valence-corrected chi connectivity index (χ1v) is 8.10. The van der Waals surface area contributed by atoms with Gasteiger partial charge in [0.2, 0.25) is 5.91 Å². The molecule has 0 radical (unpaired) electrons. The fourth-order valence-corrected chi connectivity index (χ4v) is 3.31. The Hall–Kier alpha value is -1.55. The standard InChI is InChI=1S/C17H22ClNO3/c1-12-6-7-13(14(18)10-12)11-15(20)19-17(16(21)22)8-4-2-3-5-9-17/h6-7,10H,2-5,8-9,11H2,1H3,(H,19,20)(H,21,22). The summed E-state index contributed by atoms with van der Waals surface area (Å²) in [5.41, 5.74) is 0.629. The second kappa shape index (κ2) is 7.14. The Kier molecular flexibility index (Phi) is 5.46. The lowest BCUT2D eigenvalue weighted by molar-refractivity contribution is -0.148. The number of hydrogen-bond donors (Lipinski definition) is 2. The van der Waals surface area contributed by atoms with Gasteiger partial charge in [0, 0.05) is 5.02 Å². The summed E-state index contributed by atoms with van der Waals surface area (Å²) in [7, 11) is 0. The highest BCUT2D eigenvalue weighted by Gasteiger charge is 2.39. The SMILES string of the molecule is Cc1ccc(CC(=O)NC2(C(=O)O)CCCCCC2)c(Cl)c1.